The van der Waals surface area contributed by atoms with Crippen LogP contribution in [0, 0.1) is 0 Å². The highest BCUT2D eigenvalue weighted by atomic mass is 35.5. The highest BCUT2D eigenvalue weighted by Gasteiger charge is 2.24. The van der Waals surface area contributed by atoms with E-state index in [1.54, 1.807) is 17.5 Å². The van der Waals surface area contributed by atoms with Gasteiger partial charge in [-0.25, -0.2) is 4.98 Å². The highest BCUT2D eigenvalue weighted by Crippen LogP contribution is 2.29. The van der Waals surface area contributed by atoms with E-state index < -0.39 is 0 Å². The van der Waals surface area contributed by atoms with Crippen molar-refractivity contribution in [3.8, 4) is 0 Å². The van der Waals surface area contributed by atoms with E-state index in [0.717, 1.165) is 22.4 Å². The average Bonchev–Trinajstić information content (AvgIpc) is 2.71. The number of rotatable bonds is 7. The van der Waals surface area contributed by atoms with Gasteiger partial charge in [0.25, 0.3) is 0 Å². The van der Waals surface area contributed by atoms with E-state index in [1.807, 2.05) is 11.8 Å². The van der Waals surface area contributed by atoms with Gasteiger partial charge in [0, 0.05) is 17.8 Å². The third-order valence-corrected chi connectivity index (χ3v) is 5.67. The van der Waals surface area contributed by atoms with Crippen molar-refractivity contribution in [1.29, 1.82) is 0 Å². The summed E-state index contributed by atoms with van der Waals surface area (Å²) in [4.78, 5) is 4.23. The Bertz CT molecular complexity index is 302. The van der Waals surface area contributed by atoms with Crippen LogP contribution in [0.15, 0.2) is 6.20 Å². The molecule has 1 N–H and O–H groups in total. The van der Waals surface area contributed by atoms with Crippen molar-refractivity contribution in [1.82, 2.24) is 10.3 Å². The van der Waals surface area contributed by atoms with Crippen molar-refractivity contribution >= 4 is 34.7 Å². The molecule has 0 saturated heterocycles. The molecule has 0 radical (unpaired) electrons. The lowest BCUT2D eigenvalue weighted by Gasteiger charge is -2.29. The Morgan fingerprint density at radius 2 is 2.19 bits per heavy atom. The molecule has 0 spiro atoms. The molecule has 1 heterocycles. The Kier molecular flexibility index (Phi) is 6.11. The van der Waals surface area contributed by atoms with E-state index in [1.165, 1.54) is 12.8 Å². The van der Waals surface area contributed by atoms with Crippen molar-refractivity contribution in [2.24, 2.45) is 0 Å². The van der Waals surface area contributed by atoms with Gasteiger partial charge in [-0.1, -0.05) is 25.4 Å². The molecule has 0 atom stereocenters. The fraction of sp³-hybridized carbons (Fsp3) is 0.727. The zero-order valence-corrected chi connectivity index (χ0v) is 12.4. The van der Waals surface area contributed by atoms with Gasteiger partial charge in [0.1, 0.15) is 9.34 Å². The molecule has 0 bridgehead atoms. The van der Waals surface area contributed by atoms with E-state index in [4.69, 9.17) is 11.6 Å². The highest BCUT2D eigenvalue weighted by molar-refractivity contribution is 8.00. The van der Waals surface area contributed by atoms with Crippen LogP contribution < -0.4 is 5.32 Å². The second-order valence-corrected chi connectivity index (χ2v) is 6.78. The number of hydrogen-bond donors (Lipinski definition) is 1. The number of nitrogens with one attached hydrogen (secondary N) is 1. The third kappa shape index (κ3) is 3.91. The van der Waals surface area contributed by atoms with Gasteiger partial charge in [-0.15, -0.1) is 11.3 Å². The minimum Gasteiger partial charge on any atom is -0.309 e. The maximum absolute atomic E-state index is 5.84. The van der Waals surface area contributed by atoms with Gasteiger partial charge in [-0.2, -0.15) is 11.8 Å². The van der Waals surface area contributed by atoms with Crippen LogP contribution in [0.3, 0.4) is 0 Å². The normalized spacial score (nSPS) is 12.0. The predicted molar refractivity (Wildman–Crippen MR) is 75.7 cm³/mol. The molecule has 0 aliphatic carbocycles. The molecule has 0 fully saturated rings. The van der Waals surface area contributed by atoms with Crippen LogP contribution >= 0.6 is 34.7 Å². The minimum absolute atomic E-state index is 0.362. The van der Waals surface area contributed by atoms with Gasteiger partial charge in [0.05, 0.1) is 6.20 Å². The maximum atomic E-state index is 5.84. The van der Waals surface area contributed by atoms with Gasteiger partial charge < -0.3 is 5.32 Å². The summed E-state index contributed by atoms with van der Waals surface area (Å²) in [6.07, 6.45) is 6.28. The molecule has 1 aromatic rings. The fourth-order valence-corrected chi connectivity index (χ4v) is 3.38. The van der Waals surface area contributed by atoms with Gasteiger partial charge in [0.15, 0.2) is 0 Å². The number of thioether (sulfide) groups is 1. The van der Waals surface area contributed by atoms with E-state index in [-0.39, 0.29) is 0 Å². The summed E-state index contributed by atoms with van der Waals surface area (Å²) in [5.41, 5.74) is 0. The first-order valence-electron chi connectivity index (χ1n) is 5.52. The zero-order valence-electron chi connectivity index (χ0n) is 10.0. The fourth-order valence-electron chi connectivity index (χ4n) is 1.63. The molecular formula is C11H19ClN2S2. The molecule has 0 amide bonds. The van der Waals surface area contributed by atoms with Crippen LogP contribution in [-0.2, 0) is 6.54 Å². The van der Waals surface area contributed by atoms with E-state index in [9.17, 15) is 0 Å². The first-order valence-corrected chi connectivity index (χ1v) is 7.93. The van der Waals surface area contributed by atoms with Crippen LogP contribution in [-0.4, -0.2) is 22.5 Å². The van der Waals surface area contributed by atoms with Crippen LogP contribution in [0.1, 0.15) is 31.7 Å². The van der Waals surface area contributed by atoms with Gasteiger partial charge >= 0.3 is 0 Å². The Hall–Kier alpha value is 0.230. The topological polar surface area (TPSA) is 24.9 Å². The smallest absolute Gasteiger partial charge is 0.113 e. The zero-order chi connectivity index (χ0) is 12.0. The van der Waals surface area contributed by atoms with Crippen LogP contribution in [0.2, 0.25) is 4.34 Å². The lowest BCUT2D eigenvalue weighted by atomic mass is 10.0. The van der Waals surface area contributed by atoms with E-state index in [0.29, 0.717) is 4.75 Å². The summed E-state index contributed by atoms with van der Waals surface area (Å²) in [5.74, 6) is 0. The van der Waals surface area contributed by atoms with E-state index >= 15 is 0 Å². The summed E-state index contributed by atoms with van der Waals surface area (Å²) in [5, 5.41) is 4.54. The molecule has 0 saturated carbocycles. The number of halogens is 1. The second kappa shape index (κ2) is 6.84. The lowest BCUT2D eigenvalue weighted by Crippen LogP contribution is -2.36. The number of thiazole rings is 1. The maximum Gasteiger partial charge on any atom is 0.113 e. The van der Waals surface area contributed by atoms with E-state index in [2.05, 4.69) is 30.4 Å². The second-order valence-electron chi connectivity index (χ2n) is 3.76. The largest absolute Gasteiger partial charge is 0.309 e. The molecule has 92 valence electrons. The minimum atomic E-state index is 0.362. The van der Waals surface area contributed by atoms with Crippen molar-refractivity contribution in [2.45, 2.75) is 38.0 Å². The molecule has 1 aromatic heterocycles. The summed E-state index contributed by atoms with van der Waals surface area (Å²) in [6.45, 7) is 6.35. The first-order chi connectivity index (χ1) is 7.65. The molecule has 0 unspecified atom stereocenters. The quantitative estimate of drug-likeness (QED) is 0.821. The van der Waals surface area contributed by atoms with Gasteiger partial charge in [0.2, 0.25) is 0 Å². The van der Waals surface area contributed by atoms with Crippen molar-refractivity contribution < 1.29 is 0 Å². The standard InChI is InChI=1S/C11H19ClN2S2/c1-4-11(5-2,15-3)8-13-7-10-14-6-9(12)16-10/h6,13H,4-5,7-8H2,1-3H3. The Morgan fingerprint density at radius 1 is 1.50 bits per heavy atom. The van der Waals surface area contributed by atoms with Crippen LogP contribution in [0.5, 0.6) is 0 Å². The van der Waals surface area contributed by atoms with Crippen LogP contribution in [0.25, 0.3) is 0 Å². The van der Waals surface area contributed by atoms with Crippen molar-refractivity contribution in [3.63, 3.8) is 0 Å². The van der Waals surface area contributed by atoms with Gasteiger partial charge in [-0.3, -0.25) is 0 Å². The molecule has 0 aliphatic rings. The Balaban J connectivity index is 2.39. The number of nitrogens with zero attached hydrogens (tertiary/aromatic N) is 1. The Labute approximate surface area is 111 Å². The SMILES string of the molecule is CCC(CC)(CNCc1ncc(Cl)s1)SC. The van der Waals surface area contributed by atoms with Crippen molar-refractivity contribution in [2.75, 3.05) is 12.8 Å². The summed E-state index contributed by atoms with van der Waals surface area (Å²) >= 11 is 9.33. The predicted octanol–water partition coefficient (Wildman–Crippen LogP) is 3.81. The molecule has 1 rings (SSSR count). The van der Waals surface area contributed by atoms with Crippen molar-refractivity contribution in [3.05, 3.63) is 15.5 Å². The number of aromatic nitrogens is 1. The summed E-state index contributed by atoms with van der Waals surface area (Å²) in [7, 11) is 0. The van der Waals surface area contributed by atoms with Crippen LogP contribution in [0.4, 0.5) is 0 Å². The molecule has 16 heavy (non-hydrogen) atoms. The molecular weight excluding hydrogens is 260 g/mol. The summed E-state index contributed by atoms with van der Waals surface area (Å²) < 4.78 is 1.13. The molecule has 5 heteroatoms. The molecule has 0 aliphatic heterocycles. The Morgan fingerprint density at radius 3 is 2.62 bits per heavy atom. The molecule has 0 aromatic carbocycles. The van der Waals surface area contributed by atoms with Gasteiger partial charge in [-0.05, 0) is 19.1 Å². The monoisotopic (exact) mass is 278 g/mol. The summed E-state index contributed by atoms with van der Waals surface area (Å²) in [6, 6.07) is 0. The third-order valence-electron chi connectivity index (χ3n) is 2.97. The number of hydrogen-bond acceptors (Lipinski definition) is 4. The lowest BCUT2D eigenvalue weighted by molar-refractivity contribution is 0.494. The first kappa shape index (κ1) is 14.3. The molecule has 2 nitrogen and oxygen atoms in total. The average molecular weight is 279 g/mol.